The van der Waals surface area contributed by atoms with Crippen molar-refractivity contribution in [2.75, 3.05) is 26.6 Å². The molecule has 0 aliphatic heterocycles. The Morgan fingerprint density at radius 3 is 2.48 bits per heavy atom. The van der Waals surface area contributed by atoms with Gasteiger partial charge in [-0.2, -0.15) is 5.10 Å². The van der Waals surface area contributed by atoms with Crippen LogP contribution in [0.3, 0.4) is 0 Å². The summed E-state index contributed by atoms with van der Waals surface area (Å²) in [6, 6.07) is 15.9. The molecule has 2 aromatic carbocycles. The van der Waals surface area contributed by atoms with E-state index in [0.29, 0.717) is 24.0 Å². The molecule has 0 saturated heterocycles. The first-order valence-corrected chi connectivity index (χ1v) is 8.96. The highest BCUT2D eigenvalue weighted by Gasteiger charge is 2.07. The van der Waals surface area contributed by atoms with Crippen LogP contribution in [0.4, 0.5) is 5.69 Å². The van der Waals surface area contributed by atoms with Crippen LogP contribution in [0.25, 0.3) is 0 Å². The number of halogens is 1. The van der Waals surface area contributed by atoms with E-state index in [0.717, 1.165) is 17.8 Å². The predicted molar refractivity (Wildman–Crippen MR) is 127 cm³/mol. The van der Waals surface area contributed by atoms with Gasteiger partial charge in [-0.25, -0.2) is 0 Å². The van der Waals surface area contributed by atoms with E-state index in [-0.39, 0.29) is 24.0 Å². The largest absolute Gasteiger partial charge is 0.493 e. The first-order valence-electron chi connectivity index (χ1n) is 8.96. The number of hydrogen-bond donors (Lipinski definition) is 2. The average molecular weight is 507 g/mol. The highest BCUT2D eigenvalue weighted by atomic mass is 127. The van der Waals surface area contributed by atoms with Gasteiger partial charge in [0, 0.05) is 37.1 Å². The summed E-state index contributed by atoms with van der Waals surface area (Å²) < 4.78 is 12.5. The van der Waals surface area contributed by atoms with Crippen LogP contribution in [0, 0.1) is 0 Å². The number of nitrogens with zero attached hydrogens (tertiary/aromatic N) is 3. The summed E-state index contributed by atoms with van der Waals surface area (Å²) in [5.41, 5.74) is 3.15. The van der Waals surface area contributed by atoms with Crippen molar-refractivity contribution in [2.24, 2.45) is 4.99 Å². The fraction of sp³-hybridized carbons (Fsp3) is 0.238. The summed E-state index contributed by atoms with van der Waals surface area (Å²) in [5.74, 6) is 2.00. The van der Waals surface area contributed by atoms with E-state index in [2.05, 4.69) is 32.9 Å². The van der Waals surface area contributed by atoms with Crippen molar-refractivity contribution in [3.05, 3.63) is 72.1 Å². The molecule has 0 aliphatic carbocycles. The topological polar surface area (TPSA) is 72.7 Å². The second kappa shape index (κ2) is 11.3. The van der Waals surface area contributed by atoms with Crippen LogP contribution in [-0.2, 0) is 13.1 Å². The zero-order chi connectivity index (χ0) is 19.8. The Morgan fingerprint density at radius 1 is 1.03 bits per heavy atom. The number of nitrogens with one attached hydrogen (secondary N) is 2. The third-order valence-corrected chi connectivity index (χ3v) is 4.20. The molecule has 0 bridgehead atoms. The van der Waals surface area contributed by atoms with E-state index < -0.39 is 0 Å². The normalized spacial score (nSPS) is 10.8. The van der Waals surface area contributed by atoms with E-state index in [1.54, 1.807) is 21.3 Å². The quantitative estimate of drug-likeness (QED) is 0.290. The minimum atomic E-state index is 0. The molecule has 154 valence electrons. The highest BCUT2D eigenvalue weighted by molar-refractivity contribution is 14.0. The van der Waals surface area contributed by atoms with Crippen molar-refractivity contribution in [3.63, 3.8) is 0 Å². The molecular weight excluding hydrogens is 481 g/mol. The third kappa shape index (κ3) is 6.38. The molecule has 0 unspecified atom stereocenters. The van der Waals surface area contributed by atoms with E-state index >= 15 is 0 Å². The van der Waals surface area contributed by atoms with Gasteiger partial charge in [-0.15, -0.1) is 24.0 Å². The van der Waals surface area contributed by atoms with Crippen molar-refractivity contribution >= 4 is 35.6 Å². The maximum atomic E-state index is 5.34. The fourth-order valence-corrected chi connectivity index (χ4v) is 2.77. The summed E-state index contributed by atoms with van der Waals surface area (Å²) in [7, 11) is 4.96. The fourth-order valence-electron chi connectivity index (χ4n) is 2.77. The van der Waals surface area contributed by atoms with Crippen LogP contribution in [-0.4, -0.2) is 37.0 Å². The van der Waals surface area contributed by atoms with Crippen molar-refractivity contribution in [2.45, 2.75) is 13.1 Å². The van der Waals surface area contributed by atoms with Crippen LogP contribution in [0.15, 0.2) is 65.9 Å². The molecule has 29 heavy (non-hydrogen) atoms. The number of hydrogen-bond acceptors (Lipinski definition) is 4. The molecule has 3 rings (SSSR count). The van der Waals surface area contributed by atoms with E-state index in [1.807, 2.05) is 53.5 Å². The van der Waals surface area contributed by atoms with Gasteiger partial charge in [0.1, 0.15) is 0 Å². The second-order valence-corrected chi connectivity index (χ2v) is 6.15. The van der Waals surface area contributed by atoms with Crippen LogP contribution in [0.1, 0.15) is 11.1 Å². The van der Waals surface area contributed by atoms with Gasteiger partial charge in [-0.3, -0.25) is 9.67 Å². The van der Waals surface area contributed by atoms with Crippen molar-refractivity contribution in [3.8, 4) is 11.5 Å². The maximum Gasteiger partial charge on any atom is 0.195 e. The van der Waals surface area contributed by atoms with Gasteiger partial charge in [0.2, 0.25) is 0 Å². The molecule has 0 spiro atoms. The lowest BCUT2D eigenvalue weighted by atomic mass is 10.2. The SMILES string of the molecule is CN=C(NCc1cnn(Cc2ccccc2)c1)Nc1ccc(OC)c(OC)c1.I. The molecule has 3 aromatic rings. The van der Waals surface area contributed by atoms with E-state index in [1.165, 1.54) is 5.56 Å². The number of rotatable bonds is 7. The van der Waals surface area contributed by atoms with E-state index in [4.69, 9.17) is 9.47 Å². The van der Waals surface area contributed by atoms with Gasteiger partial charge in [-0.1, -0.05) is 30.3 Å². The zero-order valence-corrected chi connectivity index (χ0v) is 19.1. The highest BCUT2D eigenvalue weighted by Crippen LogP contribution is 2.29. The van der Waals surface area contributed by atoms with Crippen molar-refractivity contribution in [1.29, 1.82) is 0 Å². The van der Waals surface area contributed by atoms with Crippen molar-refractivity contribution in [1.82, 2.24) is 15.1 Å². The first-order chi connectivity index (χ1) is 13.7. The van der Waals surface area contributed by atoms with Gasteiger partial charge in [0.25, 0.3) is 0 Å². The third-order valence-electron chi connectivity index (χ3n) is 4.20. The van der Waals surface area contributed by atoms with Crippen LogP contribution in [0.5, 0.6) is 11.5 Å². The Morgan fingerprint density at radius 2 is 1.79 bits per heavy atom. The predicted octanol–water partition coefficient (Wildman–Crippen LogP) is 3.75. The Labute approximate surface area is 188 Å². The lowest BCUT2D eigenvalue weighted by Gasteiger charge is -2.13. The molecule has 0 saturated carbocycles. The summed E-state index contributed by atoms with van der Waals surface area (Å²) in [5, 5.41) is 11.0. The number of ether oxygens (including phenoxy) is 2. The lowest BCUT2D eigenvalue weighted by molar-refractivity contribution is 0.355. The lowest BCUT2D eigenvalue weighted by Crippen LogP contribution is -2.30. The molecule has 0 amide bonds. The summed E-state index contributed by atoms with van der Waals surface area (Å²) in [6.07, 6.45) is 3.89. The van der Waals surface area contributed by atoms with Gasteiger partial charge in [-0.05, 0) is 17.7 Å². The number of anilines is 1. The molecule has 2 N–H and O–H groups in total. The summed E-state index contributed by atoms with van der Waals surface area (Å²) in [6.45, 7) is 1.36. The van der Waals surface area contributed by atoms with Gasteiger partial charge >= 0.3 is 0 Å². The Bertz CT molecular complexity index is 928. The van der Waals surface area contributed by atoms with Gasteiger partial charge in [0.05, 0.1) is 27.0 Å². The molecule has 8 heteroatoms. The summed E-state index contributed by atoms with van der Waals surface area (Å²) >= 11 is 0. The molecule has 7 nitrogen and oxygen atoms in total. The number of aliphatic imine (C=N–C) groups is 1. The molecule has 1 heterocycles. The monoisotopic (exact) mass is 507 g/mol. The first kappa shape index (κ1) is 22.5. The minimum absolute atomic E-state index is 0. The van der Waals surface area contributed by atoms with Crippen LogP contribution >= 0.6 is 24.0 Å². The average Bonchev–Trinajstić information content (AvgIpc) is 3.18. The second-order valence-electron chi connectivity index (χ2n) is 6.15. The summed E-state index contributed by atoms with van der Waals surface area (Å²) in [4.78, 5) is 4.27. The van der Waals surface area contributed by atoms with Crippen LogP contribution < -0.4 is 20.1 Å². The molecule has 0 aliphatic rings. The standard InChI is InChI=1S/C21H25N5O2.HI/c1-22-21(25-18-9-10-19(27-2)20(11-18)28-3)23-12-17-13-24-26(15-17)14-16-7-5-4-6-8-16;/h4-11,13,15H,12,14H2,1-3H3,(H2,22,23,25);1H. The Kier molecular flexibility index (Phi) is 8.78. The molecule has 0 radical (unpaired) electrons. The number of methoxy groups -OCH3 is 2. The number of benzene rings is 2. The van der Waals surface area contributed by atoms with Gasteiger partial charge in [0.15, 0.2) is 17.5 Å². The molecule has 0 fully saturated rings. The van der Waals surface area contributed by atoms with Crippen LogP contribution in [0.2, 0.25) is 0 Å². The maximum absolute atomic E-state index is 5.34. The zero-order valence-electron chi connectivity index (χ0n) is 16.8. The molecule has 1 aromatic heterocycles. The van der Waals surface area contributed by atoms with Crippen molar-refractivity contribution < 1.29 is 9.47 Å². The number of aromatic nitrogens is 2. The Hall–Kier alpha value is -2.75. The molecular formula is C21H26IN5O2. The smallest absolute Gasteiger partial charge is 0.195 e. The molecule has 0 atom stereocenters. The van der Waals surface area contributed by atoms with Gasteiger partial charge < -0.3 is 20.1 Å². The Balaban J connectivity index is 0.00000300. The number of guanidine groups is 1. The van der Waals surface area contributed by atoms with E-state index in [9.17, 15) is 0 Å². The minimum Gasteiger partial charge on any atom is -0.493 e.